The molecule has 0 aromatic carbocycles. The summed E-state index contributed by atoms with van der Waals surface area (Å²) in [7, 11) is 0. The fourth-order valence-electron chi connectivity index (χ4n) is 0.177. The van der Waals surface area contributed by atoms with Gasteiger partial charge >= 0.3 is 46.7 Å². The van der Waals surface area contributed by atoms with E-state index in [1.165, 1.54) is 17.3 Å². The Hall–Kier alpha value is 1.30. The Kier molecular flexibility index (Phi) is 64.4. The molecule has 0 aromatic rings. The largest absolute Gasteiger partial charge is 0.769 e. The van der Waals surface area contributed by atoms with Gasteiger partial charge in [0.2, 0.25) is 0 Å². The van der Waals surface area contributed by atoms with Crippen molar-refractivity contribution in [2.75, 3.05) is 0 Å². The first-order chi connectivity index (χ1) is 4.41. The molecule has 0 heterocycles. The van der Waals surface area contributed by atoms with Crippen molar-refractivity contribution >= 4 is 46.3 Å². The van der Waals surface area contributed by atoms with E-state index >= 15 is 0 Å². The molecule has 2 nitrogen and oxygen atoms in total. The molecule has 0 unspecified atom stereocenters. The molecule has 0 amide bonds. The molecule has 0 aliphatic heterocycles. The molecule has 0 bridgehead atoms. The first-order valence-electron chi connectivity index (χ1n) is 2.37. The number of hydrogen-bond donors (Lipinski definition) is 0. The number of rotatable bonds is 2. The van der Waals surface area contributed by atoms with Crippen molar-refractivity contribution in [3.8, 4) is 0 Å². The summed E-state index contributed by atoms with van der Waals surface area (Å²) in [5, 5.41) is 0. The number of unbranched alkanes of at least 4 members (excludes halogenated alkanes) is 1. The summed E-state index contributed by atoms with van der Waals surface area (Å²) in [5.74, 6) is 0. The van der Waals surface area contributed by atoms with Gasteiger partial charge in [-0.3, -0.25) is 0 Å². The van der Waals surface area contributed by atoms with Crippen molar-refractivity contribution in [3.05, 3.63) is 0 Å². The first-order valence-corrected chi connectivity index (χ1v) is 5.00. The van der Waals surface area contributed by atoms with E-state index in [0.29, 0.717) is 0 Å². The van der Waals surface area contributed by atoms with Crippen molar-refractivity contribution < 1.29 is 9.32 Å². The van der Waals surface area contributed by atoms with Crippen LogP contribution in [0.15, 0.2) is 0 Å². The zero-order chi connectivity index (χ0) is 8.12. The maximum atomic E-state index is 7.72. The molecule has 0 spiro atoms. The van der Waals surface area contributed by atoms with Crippen LogP contribution in [-0.4, -0.2) is 22.5 Å². The van der Waals surface area contributed by atoms with Gasteiger partial charge in [0, 0.05) is 0 Å². The summed E-state index contributed by atoms with van der Waals surface area (Å²) in [6.45, 7) is 2.23. The van der Waals surface area contributed by atoms with Gasteiger partial charge in [-0.15, -0.1) is 0 Å². The predicted molar refractivity (Wildman–Crippen MR) is 37.2 cm³/mol. The van der Waals surface area contributed by atoms with Gasteiger partial charge in [0.25, 0.3) is 0 Å². The molecule has 55 valence electrons. The molecule has 0 atom stereocenters. The monoisotopic (exact) mass is 279 g/mol. The minimum Gasteiger partial charge on any atom is -0.769 e. The Morgan fingerprint density at radius 1 is 1.22 bits per heavy atom. The molecule has 9 heavy (non-hydrogen) atoms. The van der Waals surface area contributed by atoms with Gasteiger partial charge < -0.3 is 9.32 Å². The molecule has 0 aliphatic rings. The molecule has 0 rings (SSSR count). The smallest absolute Gasteiger partial charge is 0.231 e. The van der Waals surface area contributed by atoms with Gasteiger partial charge in [-0.05, 0) is 0 Å². The van der Waals surface area contributed by atoms with Crippen LogP contribution in [0.4, 0.5) is 0 Å². The predicted octanol–water partition coefficient (Wildman–Crippen LogP) is 0.374. The third kappa shape index (κ3) is 45.5. The summed E-state index contributed by atoms with van der Waals surface area (Å²) in [6, 6.07) is 0. The molecule has 0 N–H and O–H groups in total. The van der Waals surface area contributed by atoms with Gasteiger partial charge in [0.05, 0.1) is 0 Å². The van der Waals surface area contributed by atoms with Crippen LogP contribution in [0.1, 0.15) is 19.8 Å². The normalized spacial score (nSPS) is 5.78. The Morgan fingerprint density at radius 2 is 1.56 bits per heavy atom. The Balaban J connectivity index is -0.0000000771. The molecule has 0 saturated carbocycles. The van der Waals surface area contributed by atoms with Crippen LogP contribution in [0.2, 0.25) is 4.44 Å². The average molecular weight is 279 g/mol. The molecule has 5 heteroatoms. The van der Waals surface area contributed by atoms with Crippen LogP contribution in [0, 0.1) is 0 Å². The van der Waals surface area contributed by atoms with Crippen LogP contribution in [0.3, 0.4) is 0 Å². The van der Waals surface area contributed by atoms with Crippen molar-refractivity contribution in [1.82, 2.24) is 0 Å². The van der Waals surface area contributed by atoms with Crippen LogP contribution in [0.25, 0.3) is 0 Å². The van der Waals surface area contributed by atoms with Crippen LogP contribution < -0.4 is 9.32 Å². The molecular weight excluding hydrogens is 270 g/mol. The summed E-state index contributed by atoms with van der Waals surface area (Å²) in [5.41, 5.74) is 0. The van der Waals surface area contributed by atoms with Gasteiger partial charge in [-0.25, -0.2) is 23.7 Å². The topological polar surface area (TPSA) is 46.1 Å². The minimum atomic E-state index is 1.37. The third-order valence-electron chi connectivity index (χ3n) is 0.530. The average Bonchev–Trinajstić information content (AvgIpc) is 1.98. The summed E-state index contributed by atoms with van der Waals surface area (Å²) < 4.78 is 16.9. The van der Waals surface area contributed by atoms with E-state index in [-0.39, 0.29) is 0 Å². The summed E-state index contributed by atoms with van der Waals surface area (Å²) >= 11 is 8.46. The van der Waals surface area contributed by atoms with E-state index in [0.717, 1.165) is 0 Å². The molecule has 0 aromatic heterocycles. The molecule has 0 saturated heterocycles. The maximum Gasteiger partial charge on any atom is -0.231 e. The van der Waals surface area contributed by atoms with Crippen molar-refractivity contribution in [2.45, 2.75) is 24.2 Å². The Labute approximate surface area is 79.6 Å². The van der Waals surface area contributed by atoms with E-state index in [1.54, 1.807) is 22.5 Å². The fraction of sp³-hybridized carbons (Fsp3) is 1.00. The van der Waals surface area contributed by atoms with Crippen LogP contribution in [-0.2, 0) is 0 Å². The van der Waals surface area contributed by atoms with E-state index in [9.17, 15) is 0 Å². The molecule has 0 aliphatic carbocycles. The van der Waals surface area contributed by atoms with Gasteiger partial charge in [-0.1, -0.05) is 0 Å². The van der Waals surface area contributed by atoms with Gasteiger partial charge in [0.1, 0.15) is 0 Å². The van der Waals surface area contributed by atoms with Gasteiger partial charge in [0.15, 0.2) is 0 Å². The van der Waals surface area contributed by atoms with E-state index in [1.807, 2.05) is 0 Å². The molecule has 0 fully saturated rings. The van der Waals surface area contributed by atoms with Crippen molar-refractivity contribution in [2.24, 2.45) is 0 Å². The minimum absolute atomic E-state index is 1.37. The van der Waals surface area contributed by atoms with E-state index in [4.69, 9.17) is 9.32 Å². The van der Waals surface area contributed by atoms with Crippen LogP contribution >= 0.6 is 23.7 Å². The maximum absolute atomic E-state index is 7.72. The second-order valence-corrected chi connectivity index (χ2v) is 2.53. The number of halogens is 2. The summed E-state index contributed by atoms with van der Waals surface area (Å²) in [6.07, 6.45) is 2.80. The Morgan fingerprint density at radius 3 is 1.56 bits per heavy atom. The summed E-state index contributed by atoms with van der Waals surface area (Å²) in [4.78, 5) is 0. The third-order valence-corrected chi connectivity index (χ3v) is 1.54. The molecular formula is C4H9Cl2O2Sn. The van der Waals surface area contributed by atoms with E-state index < -0.39 is 0 Å². The zero-order valence-electron chi connectivity index (χ0n) is 5.19. The zero-order valence-corrected chi connectivity index (χ0v) is 9.56. The Bertz CT molecular complexity index is 24.0. The second-order valence-electron chi connectivity index (χ2n) is 1.10. The SMILES string of the molecule is CCC[CH2][Sn+2].[O-]Cl.[O-]Cl. The van der Waals surface area contributed by atoms with E-state index in [2.05, 4.69) is 30.7 Å². The quantitative estimate of drug-likeness (QED) is 0.686. The molecule has 1 radical (unpaired) electrons. The van der Waals surface area contributed by atoms with Gasteiger partial charge in [-0.2, -0.15) is 0 Å². The second kappa shape index (κ2) is 34.7. The van der Waals surface area contributed by atoms with Crippen molar-refractivity contribution in [1.29, 1.82) is 0 Å². The van der Waals surface area contributed by atoms with Crippen LogP contribution in [0.5, 0.6) is 0 Å². The first kappa shape index (κ1) is 16.7. The fourth-order valence-corrected chi connectivity index (χ4v) is 1.19. The number of hydrogen-bond acceptors (Lipinski definition) is 2. The van der Waals surface area contributed by atoms with Crippen molar-refractivity contribution in [3.63, 3.8) is 0 Å². The standard InChI is InChI=1S/C4H9.2ClO.Sn/c1-3-4-2;2*1-2;/h1,3-4H2,2H3;;;/q;2*-1;+2.